The van der Waals surface area contributed by atoms with E-state index >= 15 is 0 Å². The van der Waals surface area contributed by atoms with Gasteiger partial charge in [0.2, 0.25) is 5.91 Å². The molecule has 0 heterocycles. The second-order valence-corrected chi connectivity index (χ2v) is 5.26. The number of hydrogen-bond acceptors (Lipinski definition) is 2. The molecule has 0 saturated carbocycles. The maximum absolute atomic E-state index is 11.8. The summed E-state index contributed by atoms with van der Waals surface area (Å²) in [5.74, 6) is 0.0685. The molecule has 3 nitrogen and oxygen atoms in total. The first-order chi connectivity index (χ1) is 8.95. The Kier molecular flexibility index (Phi) is 6.03. The van der Waals surface area contributed by atoms with Crippen LogP contribution in [-0.4, -0.2) is 18.5 Å². The molecule has 0 aliphatic rings. The molecule has 2 N–H and O–H groups in total. The first-order valence-corrected chi connectivity index (χ1v) is 7.06. The molecule has 0 spiro atoms. The number of benzene rings is 1. The zero-order valence-electron chi connectivity index (χ0n) is 12.7. The van der Waals surface area contributed by atoms with Crippen molar-refractivity contribution < 1.29 is 4.79 Å². The fourth-order valence-corrected chi connectivity index (χ4v) is 2.17. The molecular formula is C16H26N2O. The molecule has 106 valence electrons. The highest BCUT2D eigenvalue weighted by Crippen LogP contribution is 2.19. The van der Waals surface area contributed by atoms with E-state index in [1.54, 1.807) is 0 Å². The van der Waals surface area contributed by atoms with Crippen LogP contribution < -0.4 is 10.6 Å². The SMILES string of the molecule is CCCNC(=O)C(C)NC(C)c1cc(C)ccc1C. The number of nitrogens with one attached hydrogen (secondary N) is 2. The van der Waals surface area contributed by atoms with Crippen molar-refractivity contribution in [2.45, 2.75) is 53.1 Å². The summed E-state index contributed by atoms with van der Waals surface area (Å²) in [5.41, 5.74) is 3.76. The van der Waals surface area contributed by atoms with Gasteiger partial charge in [0, 0.05) is 12.6 Å². The Labute approximate surface area is 116 Å². The highest BCUT2D eigenvalue weighted by atomic mass is 16.2. The van der Waals surface area contributed by atoms with Crippen LogP contribution >= 0.6 is 0 Å². The van der Waals surface area contributed by atoms with Crippen LogP contribution in [0.2, 0.25) is 0 Å². The van der Waals surface area contributed by atoms with Gasteiger partial charge in [-0.1, -0.05) is 30.7 Å². The van der Waals surface area contributed by atoms with Gasteiger partial charge in [0.1, 0.15) is 0 Å². The Morgan fingerprint density at radius 3 is 2.58 bits per heavy atom. The summed E-state index contributed by atoms with van der Waals surface area (Å²) in [7, 11) is 0. The summed E-state index contributed by atoms with van der Waals surface area (Å²) in [4.78, 5) is 11.8. The third kappa shape index (κ3) is 4.67. The van der Waals surface area contributed by atoms with E-state index in [0.717, 1.165) is 13.0 Å². The van der Waals surface area contributed by atoms with Crippen molar-refractivity contribution >= 4 is 5.91 Å². The average molecular weight is 262 g/mol. The molecule has 0 saturated heterocycles. The summed E-state index contributed by atoms with van der Waals surface area (Å²) in [6.07, 6.45) is 0.963. The largest absolute Gasteiger partial charge is 0.355 e. The van der Waals surface area contributed by atoms with Crippen molar-refractivity contribution in [3.63, 3.8) is 0 Å². The number of carbonyl (C=O) groups excluding carboxylic acids is 1. The van der Waals surface area contributed by atoms with Gasteiger partial charge in [-0.15, -0.1) is 0 Å². The molecule has 0 bridgehead atoms. The van der Waals surface area contributed by atoms with Crippen molar-refractivity contribution in [3.05, 3.63) is 34.9 Å². The van der Waals surface area contributed by atoms with Gasteiger partial charge in [-0.2, -0.15) is 0 Å². The van der Waals surface area contributed by atoms with Crippen molar-refractivity contribution in [2.24, 2.45) is 0 Å². The molecular weight excluding hydrogens is 236 g/mol. The lowest BCUT2D eigenvalue weighted by atomic mass is 9.99. The zero-order chi connectivity index (χ0) is 14.4. The molecule has 0 aromatic heterocycles. The minimum atomic E-state index is -0.179. The Balaban J connectivity index is 2.65. The Morgan fingerprint density at radius 1 is 1.26 bits per heavy atom. The molecule has 2 atom stereocenters. The molecule has 1 aromatic carbocycles. The molecule has 0 fully saturated rings. The highest BCUT2D eigenvalue weighted by Gasteiger charge is 2.16. The van der Waals surface area contributed by atoms with Crippen LogP contribution in [0.5, 0.6) is 0 Å². The maximum Gasteiger partial charge on any atom is 0.236 e. The summed E-state index contributed by atoms with van der Waals surface area (Å²) in [6, 6.07) is 6.42. The van der Waals surface area contributed by atoms with E-state index in [4.69, 9.17) is 0 Å². The van der Waals surface area contributed by atoms with Crippen LogP contribution in [0.1, 0.15) is 49.9 Å². The minimum Gasteiger partial charge on any atom is -0.355 e. The van der Waals surface area contributed by atoms with E-state index in [1.165, 1.54) is 16.7 Å². The molecule has 0 aliphatic carbocycles. The molecule has 3 heteroatoms. The lowest BCUT2D eigenvalue weighted by Crippen LogP contribution is -2.43. The van der Waals surface area contributed by atoms with Crippen LogP contribution in [0, 0.1) is 13.8 Å². The molecule has 1 amide bonds. The summed E-state index contributed by atoms with van der Waals surface area (Å²) in [5, 5.41) is 6.27. The topological polar surface area (TPSA) is 41.1 Å². The Morgan fingerprint density at radius 2 is 1.95 bits per heavy atom. The van der Waals surface area contributed by atoms with E-state index in [2.05, 4.69) is 56.5 Å². The Bertz CT molecular complexity index is 429. The van der Waals surface area contributed by atoms with Crippen LogP contribution in [0.25, 0.3) is 0 Å². The zero-order valence-corrected chi connectivity index (χ0v) is 12.7. The molecule has 0 aliphatic heterocycles. The van der Waals surface area contributed by atoms with E-state index < -0.39 is 0 Å². The van der Waals surface area contributed by atoms with Crippen LogP contribution in [-0.2, 0) is 4.79 Å². The van der Waals surface area contributed by atoms with E-state index in [0.29, 0.717) is 0 Å². The summed E-state index contributed by atoms with van der Waals surface area (Å²) in [6.45, 7) is 11.0. The maximum atomic E-state index is 11.8. The number of rotatable bonds is 6. The van der Waals surface area contributed by atoms with Gasteiger partial charge in [0.25, 0.3) is 0 Å². The lowest BCUT2D eigenvalue weighted by Gasteiger charge is -2.21. The van der Waals surface area contributed by atoms with E-state index in [9.17, 15) is 4.79 Å². The smallest absolute Gasteiger partial charge is 0.236 e. The number of carbonyl (C=O) groups is 1. The van der Waals surface area contributed by atoms with Crippen LogP contribution in [0.15, 0.2) is 18.2 Å². The first kappa shape index (κ1) is 15.7. The van der Waals surface area contributed by atoms with Gasteiger partial charge in [0.05, 0.1) is 6.04 Å². The molecule has 19 heavy (non-hydrogen) atoms. The Hall–Kier alpha value is -1.35. The number of hydrogen-bond donors (Lipinski definition) is 2. The van der Waals surface area contributed by atoms with Gasteiger partial charge >= 0.3 is 0 Å². The molecule has 1 rings (SSSR count). The fraction of sp³-hybridized carbons (Fsp3) is 0.562. The minimum absolute atomic E-state index is 0.0685. The quantitative estimate of drug-likeness (QED) is 0.827. The summed E-state index contributed by atoms with van der Waals surface area (Å²) >= 11 is 0. The van der Waals surface area contributed by atoms with Gasteiger partial charge in [-0.05, 0) is 45.2 Å². The number of aryl methyl sites for hydroxylation is 2. The summed E-state index contributed by atoms with van der Waals surface area (Å²) < 4.78 is 0. The van der Waals surface area contributed by atoms with Crippen molar-refractivity contribution in [1.82, 2.24) is 10.6 Å². The van der Waals surface area contributed by atoms with Crippen molar-refractivity contribution in [2.75, 3.05) is 6.54 Å². The van der Waals surface area contributed by atoms with Gasteiger partial charge in [0.15, 0.2) is 0 Å². The second-order valence-electron chi connectivity index (χ2n) is 5.26. The van der Waals surface area contributed by atoms with Gasteiger partial charge < -0.3 is 5.32 Å². The highest BCUT2D eigenvalue weighted by molar-refractivity contribution is 5.81. The monoisotopic (exact) mass is 262 g/mol. The van der Waals surface area contributed by atoms with E-state index in [1.807, 2.05) is 6.92 Å². The normalized spacial score (nSPS) is 13.9. The average Bonchev–Trinajstić information content (AvgIpc) is 2.38. The van der Waals surface area contributed by atoms with Gasteiger partial charge in [-0.3, -0.25) is 10.1 Å². The molecule has 2 unspecified atom stereocenters. The second kappa shape index (κ2) is 7.29. The van der Waals surface area contributed by atoms with Crippen LogP contribution in [0.3, 0.4) is 0 Å². The third-order valence-electron chi connectivity index (χ3n) is 3.34. The predicted octanol–water partition coefficient (Wildman–Crippen LogP) is 2.87. The molecule has 1 aromatic rings. The standard InChI is InChI=1S/C16H26N2O/c1-6-9-17-16(19)14(5)18-13(4)15-10-11(2)7-8-12(15)3/h7-8,10,13-14,18H,6,9H2,1-5H3,(H,17,19). The van der Waals surface area contributed by atoms with Gasteiger partial charge in [-0.25, -0.2) is 0 Å². The van der Waals surface area contributed by atoms with Crippen LogP contribution in [0.4, 0.5) is 0 Å². The van der Waals surface area contributed by atoms with Crippen molar-refractivity contribution in [1.29, 1.82) is 0 Å². The van der Waals surface area contributed by atoms with E-state index in [-0.39, 0.29) is 18.0 Å². The number of amides is 1. The third-order valence-corrected chi connectivity index (χ3v) is 3.34. The molecule has 0 radical (unpaired) electrons. The lowest BCUT2D eigenvalue weighted by molar-refractivity contribution is -0.122. The fourth-order valence-electron chi connectivity index (χ4n) is 2.17. The van der Waals surface area contributed by atoms with Crippen molar-refractivity contribution in [3.8, 4) is 0 Å². The predicted molar refractivity (Wildman–Crippen MR) is 80.2 cm³/mol. The first-order valence-electron chi connectivity index (χ1n) is 7.06.